The first-order chi connectivity index (χ1) is 8.08. The van der Waals surface area contributed by atoms with E-state index >= 15 is 0 Å². The largest absolute Gasteiger partial charge is 0.454 e. The zero-order chi connectivity index (χ0) is 12.4. The fourth-order valence-corrected chi connectivity index (χ4v) is 1.57. The Morgan fingerprint density at radius 2 is 2.06 bits per heavy atom. The highest BCUT2D eigenvalue weighted by atomic mass is 16.7. The van der Waals surface area contributed by atoms with Gasteiger partial charge in [-0.05, 0) is 39.1 Å². The van der Waals surface area contributed by atoms with Crippen LogP contribution in [0.2, 0.25) is 0 Å². The second kappa shape index (κ2) is 4.75. The molecule has 4 nitrogen and oxygen atoms in total. The van der Waals surface area contributed by atoms with Crippen LogP contribution in [0.25, 0.3) is 0 Å². The number of Topliss-reactive ketones (excluding diaryl/α,β-unsaturated/α-hetero) is 1. The summed E-state index contributed by atoms with van der Waals surface area (Å²) in [7, 11) is 1.94. The topological polar surface area (TPSA) is 38.8 Å². The summed E-state index contributed by atoms with van der Waals surface area (Å²) in [6.07, 6.45) is 0. The summed E-state index contributed by atoms with van der Waals surface area (Å²) in [4.78, 5) is 14.0. The lowest BCUT2D eigenvalue weighted by atomic mass is 10.1. The van der Waals surface area contributed by atoms with Crippen molar-refractivity contribution < 1.29 is 14.3 Å². The highest BCUT2D eigenvalue weighted by Gasteiger charge is 2.17. The van der Waals surface area contributed by atoms with E-state index in [0.717, 1.165) is 0 Å². The third-order valence-electron chi connectivity index (χ3n) is 2.97. The molecule has 0 atom stereocenters. The predicted molar refractivity (Wildman–Crippen MR) is 64.7 cm³/mol. The van der Waals surface area contributed by atoms with Crippen LogP contribution in [0.15, 0.2) is 18.2 Å². The molecule has 1 aromatic rings. The first kappa shape index (κ1) is 11.9. The van der Waals surface area contributed by atoms with Gasteiger partial charge in [0.2, 0.25) is 6.79 Å². The van der Waals surface area contributed by atoms with Crippen molar-refractivity contribution in [1.82, 2.24) is 4.90 Å². The highest BCUT2D eigenvalue weighted by Crippen LogP contribution is 2.32. The van der Waals surface area contributed by atoms with Gasteiger partial charge in [-0.15, -0.1) is 0 Å². The Bertz CT molecular complexity index is 429. The molecule has 0 fully saturated rings. The Morgan fingerprint density at radius 3 is 2.76 bits per heavy atom. The van der Waals surface area contributed by atoms with Crippen molar-refractivity contribution in [2.45, 2.75) is 19.9 Å². The molecule has 0 radical (unpaired) electrons. The molecule has 0 aromatic heterocycles. The van der Waals surface area contributed by atoms with Crippen molar-refractivity contribution in [3.05, 3.63) is 23.8 Å². The second-order valence-corrected chi connectivity index (χ2v) is 4.50. The van der Waals surface area contributed by atoms with E-state index in [4.69, 9.17) is 9.47 Å². The average molecular weight is 235 g/mol. The van der Waals surface area contributed by atoms with Gasteiger partial charge >= 0.3 is 0 Å². The molecule has 0 unspecified atom stereocenters. The van der Waals surface area contributed by atoms with Gasteiger partial charge in [0.05, 0.1) is 6.54 Å². The summed E-state index contributed by atoms with van der Waals surface area (Å²) in [5, 5.41) is 0. The fourth-order valence-electron chi connectivity index (χ4n) is 1.57. The Labute approximate surface area is 101 Å². The van der Waals surface area contributed by atoms with E-state index in [-0.39, 0.29) is 12.6 Å². The Kier molecular flexibility index (Phi) is 3.33. The fraction of sp³-hybridized carbons (Fsp3) is 0.462. The number of hydrogen-bond acceptors (Lipinski definition) is 4. The molecule has 92 valence electrons. The number of rotatable bonds is 4. The lowest BCUT2D eigenvalue weighted by molar-refractivity contribution is 0.0929. The summed E-state index contributed by atoms with van der Waals surface area (Å²) in [5.41, 5.74) is 0.668. The number of ketones is 1. The van der Waals surface area contributed by atoms with Crippen LogP contribution in [0, 0.1) is 0 Å². The van der Waals surface area contributed by atoms with Crippen LogP contribution < -0.4 is 9.47 Å². The summed E-state index contributed by atoms with van der Waals surface area (Å²) in [6.45, 7) is 4.77. The lowest BCUT2D eigenvalue weighted by Crippen LogP contribution is -2.31. The summed E-state index contributed by atoms with van der Waals surface area (Å²) in [5.74, 6) is 1.46. The van der Waals surface area contributed by atoms with Gasteiger partial charge in [0.1, 0.15) is 0 Å². The summed E-state index contributed by atoms with van der Waals surface area (Å²) < 4.78 is 10.5. The van der Waals surface area contributed by atoms with Gasteiger partial charge < -0.3 is 9.47 Å². The maximum Gasteiger partial charge on any atom is 0.231 e. The van der Waals surface area contributed by atoms with Crippen LogP contribution in [0.4, 0.5) is 0 Å². The SMILES string of the molecule is CC(C)N(C)CC(=O)c1ccc2c(c1)OCO2. The maximum absolute atomic E-state index is 12.0. The molecule has 0 saturated carbocycles. The maximum atomic E-state index is 12.0. The summed E-state index contributed by atoms with van der Waals surface area (Å²) >= 11 is 0. The predicted octanol–water partition coefficient (Wildman–Crippen LogP) is 1.94. The van der Waals surface area contributed by atoms with Gasteiger partial charge in [-0.1, -0.05) is 0 Å². The van der Waals surface area contributed by atoms with E-state index in [1.807, 2.05) is 11.9 Å². The van der Waals surface area contributed by atoms with Crippen molar-refractivity contribution in [1.29, 1.82) is 0 Å². The molecule has 0 spiro atoms. The summed E-state index contributed by atoms with van der Waals surface area (Å²) in [6, 6.07) is 5.67. The minimum atomic E-state index is 0.0968. The smallest absolute Gasteiger partial charge is 0.231 e. The monoisotopic (exact) mass is 235 g/mol. The Morgan fingerprint density at radius 1 is 1.35 bits per heavy atom. The number of likely N-dealkylation sites (N-methyl/N-ethyl adjacent to an activating group) is 1. The van der Waals surface area contributed by atoms with E-state index in [9.17, 15) is 4.79 Å². The van der Waals surface area contributed by atoms with Crippen LogP contribution >= 0.6 is 0 Å². The van der Waals surface area contributed by atoms with E-state index < -0.39 is 0 Å². The van der Waals surface area contributed by atoms with Crippen LogP contribution in [0.1, 0.15) is 24.2 Å². The number of carbonyl (C=O) groups is 1. The molecule has 1 aliphatic heterocycles. The van der Waals surface area contributed by atoms with Gasteiger partial charge in [-0.2, -0.15) is 0 Å². The number of fused-ring (bicyclic) bond motifs is 1. The van der Waals surface area contributed by atoms with Crippen LogP contribution in [0.5, 0.6) is 11.5 Å². The van der Waals surface area contributed by atoms with Gasteiger partial charge in [0.15, 0.2) is 17.3 Å². The van der Waals surface area contributed by atoms with Gasteiger partial charge in [-0.25, -0.2) is 0 Å². The molecule has 4 heteroatoms. The van der Waals surface area contributed by atoms with Crippen LogP contribution in [0.3, 0.4) is 0 Å². The minimum absolute atomic E-state index is 0.0968. The molecule has 17 heavy (non-hydrogen) atoms. The number of benzene rings is 1. The molecule has 0 bridgehead atoms. The second-order valence-electron chi connectivity index (χ2n) is 4.50. The van der Waals surface area contributed by atoms with Crippen molar-refractivity contribution in [2.24, 2.45) is 0 Å². The highest BCUT2D eigenvalue weighted by molar-refractivity contribution is 5.98. The van der Waals surface area contributed by atoms with Crippen LogP contribution in [-0.2, 0) is 0 Å². The van der Waals surface area contributed by atoms with Crippen molar-refractivity contribution in [3.8, 4) is 11.5 Å². The first-order valence-electron chi connectivity index (χ1n) is 5.71. The van der Waals surface area contributed by atoms with E-state index in [2.05, 4.69) is 13.8 Å². The van der Waals surface area contributed by atoms with E-state index in [1.54, 1.807) is 18.2 Å². The molecule has 0 saturated heterocycles. The number of nitrogens with zero attached hydrogens (tertiary/aromatic N) is 1. The normalized spacial score (nSPS) is 13.5. The van der Waals surface area contributed by atoms with Crippen molar-refractivity contribution in [3.63, 3.8) is 0 Å². The molecule has 1 heterocycles. The zero-order valence-corrected chi connectivity index (χ0v) is 10.4. The standard InChI is InChI=1S/C13H17NO3/c1-9(2)14(3)7-11(15)10-4-5-12-13(6-10)17-8-16-12/h4-6,9H,7-8H2,1-3H3. The van der Waals surface area contributed by atoms with E-state index in [0.29, 0.717) is 29.6 Å². The molecule has 0 N–H and O–H groups in total. The first-order valence-corrected chi connectivity index (χ1v) is 5.71. The minimum Gasteiger partial charge on any atom is -0.454 e. The Hall–Kier alpha value is -1.55. The molecule has 1 aromatic carbocycles. The van der Waals surface area contributed by atoms with Crippen LogP contribution in [-0.4, -0.2) is 37.1 Å². The average Bonchev–Trinajstić information content (AvgIpc) is 2.75. The van der Waals surface area contributed by atoms with Gasteiger partial charge in [-0.3, -0.25) is 9.69 Å². The Balaban J connectivity index is 2.10. The van der Waals surface area contributed by atoms with E-state index in [1.165, 1.54) is 0 Å². The zero-order valence-electron chi connectivity index (χ0n) is 10.4. The molecular weight excluding hydrogens is 218 g/mol. The molecular formula is C13H17NO3. The molecule has 2 rings (SSSR count). The van der Waals surface area contributed by atoms with Crippen molar-refractivity contribution in [2.75, 3.05) is 20.4 Å². The van der Waals surface area contributed by atoms with Crippen molar-refractivity contribution >= 4 is 5.78 Å². The van der Waals surface area contributed by atoms with Gasteiger partial charge in [0, 0.05) is 11.6 Å². The third-order valence-corrected chi connectivity index (χ3v) is 2.97. The number of ether oxygens (including phenoxy) is 2. The molecule has 1 aliphatic rings. The molecule has 0 aliphatic carbocycles. The number of hydrogen-bond donors (Lipinski definition) is 0. The van der Waals surface area contributed by atoms with Gasteiger partial charge in [0.25, 0.3) is 0 Å². The number of carbonyl (C=O) groups excluding carboxylic acids is 1. The molecule has 0 amide bonds. The quantitative estimate of drug-likeness (QED) is 0.748. The third kappa shape index (κ3) is 2.58. The lowest BCUT2D eigenvalue weighted by Gasteiger charge is -2.19.